The number of hydrogen-bond acceptors (Lipinski definition) is 4. The van der Waals surface area contributed by atoms with E-state index in [4.69, 9.17) is 23.2 Å². The lowest BCUT2D eigenvalue weighted by Crippen LogP contribution is -2.40. The maximum Gasteiger partial charge on any atom is 0.403 e. The molecule has 210 valence electrons. The zero-order chi connectivity index (χ0) is 28.2. The van der Waals surface area contributed by atoms with Gasteiger partial charge in [0.2, 0.25) is 11.9 Å². The number of aromatic amines is 1. The largest absolute Gasteiger partial charge is 0.403 e. The van der Waals surface area contributed by atoms with Crippen LogP contribution in [0.4, 0.5) is 43.7 Å². The minimum atomic E-state index is -4.59. The molecule has 2 aliphatic rings. The van der Waals surface area contributed by atoms with Crippen molar-refractivity contribution in [1.29, 1.82) is 0 Å². The Hall–Kier alpha value is -2.86. The number of nitrogens with zero attached hydrogens (tertiary/aromatic N) is 2. The normalized spacial score (nSPS) is 17.9. The van der Waals surface area contributed by atoms with Crippen LogP contribution in [-0.2, 0) is 11.3 Å². The molecule has 5 rings (SSSR count). The van der Waals surface area contributed by atoms with Gasteiger partial charge in [-0.05, 0) is 55.5 Å². The van der Waals surface area contributed by atoms with Gasteiger partial charge >= 0.3 is 12.4 Å². The third-order valence-electron chi connectivity index (χ3n) is 7.31. The van der Waals surface area contributed by atoms with Crippen molar-refractivity contribution in [3.63, 3.8) is 0 Å². The maximum absolute atomic E-state index is 13.2. The minimum absolute atomic E-state index is 0.0138. The Morgan fingerprint density at radius 3 is 2.36 bits per heavy atom. The molecule has 1 amide bonds. The van der Waals surface area contributed by atoms with Gasteiger partial charge in [-0.2, -0.15) is 26.3 Å². The van der Waals surface area contributed by atoms with E-state index in [9.17, 15) is 31.1 Å². The zero-order valence-corrected chi connectivity index (χ0v) is 21.8. The summed E-state index contributed by atoms with van der Waals surface area (Å²) in [6.45, 7) is 0.321. The van der Waals surface area contributed by atoms with Crippen molar-refractivity contribution in [3.05, 3.63) is 45.9 Å². The Morgan fingerprint density at radius 1 is 1.05 bits per heavy atom. The van der Waals surface area contributed by atoms with E-state index in [1.807, 2.05) is 4.90 Å². The van der Waals surface area contributed by atoms with E-state index in [2.05, 4.69) is 20.6 Å². The molecule has 1 aliphatic carbocycles. The highest BCUT2D eigenvalue weighted by molar-refractivity contribution is 6.34. The second kappa shape index (κ2) is 9.96. The predicted molar refractivity (Wildman–Crippen MR) is 136 cm³/mol. The van der Waals surface area contributed by atoms with Crippen LogP contribution < -0.4 is 15.5 Å². The average molecular weight is 594 g/mol. The van der Waals surface area contributed by atoms with E-state index in [1.54, 1.807) is 30.3 Å². The van der Waals surface area contributed by atoms with Crippen LogP contribution in [0.1, 0.15) is 31.2 Å². The molecular weight excluding hydrogens is 571 g/mol. The van der Waals surface area contributed by atoms with E-state index >= 15 is 0 Å². The standard InChI is InChI=1S/C25H23Cl2F6N5O/c26-15-2-1-13(12-34-21(39)23(5-6-23)25(31,32)33)9-17(15)35-22-36-18-10-16(27)20(11-19(18)37-22)38-7-3-14(4-8-38)24(28,29)30/h1-2,9-11,14H,3-8,12H2,(H,34,39)(H2,35,36,37). The van der Waals surface area contributed by atoms with E-state index < -0.39 is 29.6 Å². The molecule has 0 radical (unpaired) electrons. The zero-order valence-electron chi connectivity index (χ0n) is 20.2. The third kappa shape index (κ3) is 5.58. The molecule has 2 aromatic carbocycles. The van der Waals surface area contributed by atoms with Crippen molar-refractivity contribution in [1.82, 2.24) is 15.3 Å². The van der Waals surface area contributed by atoms with Crippen molar-refractivity contribution in [3.8, 4) is 0 Å². The van der Waals surface area contributed by atoms with E-state index in [1.165, 1.54) is 0 Å². The Balaban J connectivity index is 1.28. The van der Waals surface area contributed by atoms with Gasteiger partial charge in [-0.15, -0.1) is 0 Å². The minimum Gasteiger partial charge on any atom is -0.370 e. The summed E-state index contributed by atoms with van der Waals surface area (Å²) in [5.74, 6) is -2.08. The molecule has 2 fully saturated rings. The van der Waals surface area contributed by atoms with Gasteiger partial charge in [-0.1, -0.05) is 29.3 Å². The number of anilines is 3. The highest BCUT2D eigenvalue weighted by atomic mass is 35.5. The topological polar surface area (TPSA) is 73.1 Å². The summed E-state index contributed by atoms with van der Waals surface area (Å²) < 4.78 is 78.6. The fourth-order valence-corrected chi connectivity index (χ4v) is 5.23. The number of halogens is 8. The number of benzene rings is 2. The average Bonchev–Trinajstić information content (AvgIpc) is 3.60. The van der Waals surface area contributed by atoms with Gasteiger partial charge in [-0.3, -0.25) is 4.79 Å². The molecule has 1 saturated carbocycles. The van der Waals surface area contributed by atoms with Gasteiger partial charge in [0.05, 0.1) is 38.4 Å². The Morgan fingerprint density at radius 2 is 1.74 bits per heavy atom. The number of aromatic nitrogens is 2. The Labute approximate surface area is 229 Å². The first-order chi connectivity index (χ1) is 18.3. The van der Waals surface area contributed by atoms with Gasteiger partial charge in [0.1, 0.15) is 5.41 Å². The maximum atomic E-state index is 13.2. The number of alkyl halides is 6. The molecule has 0 bridgehead atoms. The summed E-state index contributed by atoms with van der Waals surface area (Å²) in [4.78, 5) is 21.5. The van der Waals surface area contributed by atoms with Crippen molar-refractivity contribution in [2.75, 3.05) is 23.3 Å². The highest BCUT2D eigenvalue weighted by Crippen LogP contribution is 2.57. The lowest BCUT2D eigenvalue weighted by Gasteiger charge is -2.34. The van der Waals surface area contributed by atoms with Crippen molar-refractivity contribution in [2.24, 2.45) is 11.3 Å². The third-order valence-corrected chi connectivity index (χ3v) is 7.95. The Bertz CT molecular complexity index is 1390. The summed E-state index contributed by atoms with van der Waals surface area (Å²) >= 11 is 12.7. The summed E-state index contributed by atoms with van der Waals surface area (Å²) in [6, 6.07) is 8.07. The summed E-state index contributed by atoms with van der Waals surface area (Å²) in [7, 11) is 0. The molecule has 0 spiro atoms. The van der Waals surface area contributed by atoms with Crippen molar-refractivity contribution in [2.45, 2.75) is 44.6 Å². The first-order valence-electron chi connectivity index (χ1n) is 12.2. The predicted octanol–water partition coefficient (Wildman–Crippen LogP) is 7.35. The second-order valence-electron chi connectivity index (χ2n) is 9.91. The molecule has 3 N–H and O–H groups in total. The fraction of sp³-hybridized carbons (Fsp3) is 0.440. The quantitative estimate of drug-likeness (QED) is 0.261. The number of carbonyl (C=O) groups excluding carboxylic acids is 1. The smallest absolute Gasteiger partial charge is 0.370 e. The van der Waals surface area contributed by atoms with Crippen LogP contribution in [0.5, 0.6) is 0 Å². The first-order valence-corrected chi connectivity index (χ1v) is 12.9. The van der Waals surface area contributed by atoms with Gasteiger partial charge in [0.15, 0.2) is 0 Å². The SMILES string of the molecule is O=C(NCc1ccc(Cl)c(Nc2nc3cc(Cl)c(N4CCC(C(F)(F)F)CC4)cc3[nH]2)c1)C1(C(F)(F)F)CC1. The van der Waals surface area contributed by atoms with Gasteiger partial charge in [-0.25, -0.2) is 4.98 Å². The van der Waals surface area contributed by atoms with Crippen LogP contribution in [0.15, 0.2) is 30.3 Å². The molecule has 14 heteroatoms. The number of H-pyrrole nitrogens is 1. The van der Waals surface area contributed by atoms with Crippen LogP contribution in [0.3, 0.4) is 0 Å². The summed E-state index contributed by atoms with van der Waals surface area (Å²) in [6.07, 6.45) is -9.28. The number of nitrogens with one attached hydrogen (secondary N) is 3. The van der Waals surface area contributed by atoms with Crippen molar-refractivity contribution < 1.29 is 31.1 Å². The van der Waals surface area contributed by atoms with E-state index in [-0.39, 0.29) is 45.3 Å². The molecule has 1 aromatic heterocycles. The number of amides is 1. The highest BCUT2D eigenvalue weighted by Gasteiger charge is 2.68. The fourth-order valence-electron chi connectivity index (χ4n) is 4.79. The lowest BCUT2D eigenvalue weighted by molar-refractivity contribution is -0.192. The number of fused-ring (bicyclic) bond motifs is 1. The van der Waals surface area contributed by atoms with Gasteiger partial charge < -0.3 is 20.5 Å². The number of piperidine rings is 1. The first kappa shape index (κ1) is 27.7. The van der Waals surface area contributed by atoms with Gasteiger partial charge in [0.25, 0.3) is 0 Å². The molecule has 0 unspecified atom stereocenters. The van der Waals surface area contributed by atoms with Crippen LogP contribution >= 0.6 is 23.2 Å². The van der Waals surface area contributed by atoms with Crippen LogP contribution in [-0.4, -0.2) is 41.3 Å². The number of imidazole rings is 1. The van der Waals surface area contributed by atoms with E-state index in [0.717, 1.165) is 0 Å². The van der Waals surface area contributed by atoms with Gasteiger partial charge in [0, 0.05) is 19.6 Å². The summed E-state index contributed by atoms with van der Waals surface area (Å²) in [5, 5.41) is 6.05. The second-order valence-corrected chi connectivity index (χ2v) is 10.7. The molecule has 3 aromatic rings. The number of hydrogen-bond donors (Lipinski definition) is 3. The molecule has 0 atom stereocenters. The lowest BCUT2D eigenvalue weighted by atomic mass is 9.96. The molecular formula is C25H23Cl2F6N5O. The monoisotopic (exact) mass is 593 g/mol. The molecule has 2 heterocycles. The van der Waals surface area contributed by atoms with Crippen LogP contribution in [0, 0.1) is 11.3 Å². The van der Waals surface area contributed by atoms with Crippen LogP contribution in [0.25, 0.3) is 11.0 Å². The van der Waals surface area contributed by atoms with Crippen molar-refractivity contribution >= 4 is 57.5 Å². The molecule has 1 saturated heterocycles. The Kier molecular flexibility index (Phi) is 7.07. The number of carbonyl (C=O) groups is 1. The number of rotatable bonds is 6. The van der Waals surface area contributed by atoms with E-state index in [0.29, 0.717) is 44.0 Å². The molecule has 1 aliphatic heterocycles. The summed E-state index contributed by atoms with van der Waals surface area (Å²) in [5.41, 5.74) is 0.331. The molecule has 6 nitrogen and oxygen atoms in total. The van der Waals surface area contributed by atoms with Crippen LogP contribution in [0.2, 0.25) is 10.0 Å². The molecule has 39 heavy (non-hydrogen) atoms.